The molecule has 3 N–H and O–H groups in total. The van der Waals surface area contributed by atoms with Crippen molar-refractivity contribution in [1.82, 2.24) is 9.88 Å². The van der Waals surface area contributed by atoms with E-state index < -0.39 is 22.0 Å². The van der Waals surface area contributed by atoms with Gasteiger partial charge in [0, 0.05) is 18.6 Å². The second-order valence-corrected chi connectivity index (χ2v) is 7.66. The topological polar surface area (TPSA) is 94.2 Å². The van der Waals surface area contributed by atoms with Crippen molar-refractivity contribution in [3.05, 3.63) is 65.7 Å². The lowest BCUT2D eigenvalue weighted by Gasteiger charge is -2.17. The number of fused-ring (bicyclic) bond motifs is 1. The van der Waals surface area contributed by atoms with Crippen LogP contribution >= 0.6 is 0 Å². The number of aromatic nitrogens is 1. The first-order valence-electron chi connectivity index (χ1n) is 7.85. The molecule has 1 unspecified atom stereocenters. The van der Waals surface area contributed by atoms with Crippen LogP contribution in [0.25, 0.3) is 10.8 Å². The highest BCUT2D eigenvalue weighted by atomic mass is 32.2. The summed E-state index contributed by atoms with van der Waals surface area (Å²) in [6.45, 7) is 1.78. The highest BCUT2D eigenvalue weighted by molar-refractivity contribution is 7.89. The van der Waals surface area contributed by atoms with Crippen molar-refractivity contribution < 1.29 is 17.6 Å². The van der Waals surface area contributed by atoms with Crippen LogP contribution in [-0.2, 0) is 17.1 Å². The Balaban J connectivity index is 1.92. The Morgan fingerprint density at radius 2 is 1.85 bits per heavy atom. The molecule has 0 radical (unpaired) electrons. The van der Waals surface area contributed by atoms with E-state index >= 15 is 0 Å². The third-order valence-electron chi connectivity index (χ3n) is 4.26. The lowest BCUT2D eigenvalue weighted by molar-refractivity contribution is 0.0932. The minimum absolute atomic E-state index is 0.134. The Morgan fingerprint density at radius 3 is 2.46 bits per heavy atom. The normalized spacial score (nSPS) is 12.9. The maximum Gasteiger partial charge on any atom is 0.268 e. The van der Waals surface area contributed by atoms with Crippen molar-refractivity contribution in [2.45, 2.75) is 17.9 Å². The summed E-state index contributed by atoms with van der Waals surface area (Å²) in [7, 11) is -2.34. The fourth-order valence-electron chi connectivity index (χ4n) is 2.93. The molecule has 136 valence electrons. The van der Waals surface area contributed by atoms with Gasteiger partial charge in [-0.2, -0.15) is 0 Å². The first-order chi connectivity index (χ1) is 12.2. The van der Waals surface area contributed by atoms with Crippen LogP contribution in [0.2, 0.25) is 0 Å². The zero-order valence-corrected chi connectivity index (χ0v) is 15.0. The molecule has 1 aromatic heterocycles. The van der Waals surface area contributed by atoms with Gasteiger partial charge in [-0.1, -0.05) is 30.3 Å². The predicted octanol–water partition coefficient (Wildman–Crippen LogP) is 2.46. The Morgan fingerprint density at radius 1 is 1.19 bits per heavy atom. The van der Waals surface area contributed by atoms with E-state index in [4.69, 9.17) is 5.14 Å². The van der Waals surface area contributed by atoms with Crippen LogP contribution in [0.1, 0.15) is 29.0 Å². The van der Waals surface area contributed by atoms with Crippen LogP contribution in [0.15, 0.2) is 53.6 Å². The van der Waals surface area contributed by atoms with Gasteiger partial charge in [-0.3, -0.25) is 4.79 Å². The summed E-state index contributed by atoms with van der Waals surface area (Å²) in [6, 6.07) is 10.8. The Bertz CT molecular complexity index is 1110. The molecule has 6 nitrogen and oxygen atoms in total. The standard InChI is InChI=1S/C18H18FN3O3S/c1-11(13-7-8-16(19)15-6-4-3-5-14(13)15)21-18(23)17-9-12(10-22(17)2)26(20,24)25/h3-11H,1-2H3,(H,21,23)(H2,20,24,25). The van der Waals surface area contributed by atoms with Crippen molar-refractivity contribution in [3.8, 4) is 0 Å². The number of nitrogens with two attached hydrogens (primary N) is 1. The molecule has 1 heterocycles. The Labute approximate surface area is 150 Å². The van der Waals surface area contributed by atoms with E-state index in [2.05, 4.69) is 5.32 Å². The molecule has 0 fully saturated rings. The molecule has 0 saturated heterocycles. The second kappa shape index (κ2) is 6.54. The summed E-state index contributed by atoms with van der Waals surface area (Å²) in [5.74, 6) is -0.786. The Hall–Kier alpha value is -2.71. The molecule has 8 heteroatoms. The van der Waals surface area contributed by atoms with Crippen molar-refractivity contribution in [1.29, 1.82) is 0 Å². The number of amides is 1. The lowest BCUT2D eigenvalue weighted by atomic mass is 9.99. The number of rotatable bonds is 4. The zero-order valence-electron chi connectivity index (χ0n) is 14.2. The predicted molar refractivity (Wildman–Crippen MR) is 96.6 cm³/mol. The van der Waals surface area contributed by atoms with E-state index in [1.807, 2.05) is 0 Å². The Kier molecular flexibility index (Phi) is 4.55. The number of carbonyl (C=O) groups is 1. The lowest BCUT2D eigenvalue weighted by Crippen LogP contribution is -2.28. The van der Waals surface area contributed by atoms with Crippen molar-refractivity contribution >= 4 is 26.7 Å². The third-order valence-corrected chi connectivity index (χ3v) is 5.14. The number of hydrogen-bond acceptors (Lipinski definition) is 3. The van der Waals surface area contributed by atoms with Crippen LogP contribution in [0.3, 0.4) is 0 Å². The van der Waals surface area contributed by atoms with Crippen molar-refractivity contribution in [2.75, 3.05) is 0 Å². The number of nitrogens with zero attached hydrogens (tertiary/aromatic N) is 1. The van der Waals surface area contributed by atoms with E-state index in [0.717, 1.165) is 5.56 Å². The van der Waals surface area contributed by atoms with Gasteiger partial charge < -0.3 is 9.88 Å². The molecule has 26 heavy (non-hydrogen) atoms. The van der Waals surface area contributed by atoms with Gasteiger partial charge in [0.1, 0.15) is 16.4 Å². The quantitative estimate of drug-likeness (QED) is 0.733. The first-order valence-corrected chi connectivity index (χ1v) is 9.40. The van der Waals surface area contributed by atoms with Crippen molar-refractivity contribution in [3.63, 3.8) is 0 Å². The van der Waals surface area contributed by atoms with E-state index in [1.54, 1.807) is 44.3 Å². The number of nitrogens with one attached hydrogen (secondary N) is 1. The molecule has 0 bridgehead atoms. The number of carbonyl (C=O) groups excluding carboxylic acids is 1. The van der Waals surface area contributed by atoms with E-state index in [0.29, 0.717) is 10.8 Å². The molecule has 0 saturated carbocycles. The molecule has 1 amide bonds. The first kappa shape index (κ1) is 18.1. The van der Waals surface area contributed by atoms with Crippen LogP contribution < -0.4 is 10.5 Å². The maximum atomic E-state index is 14.0. The summed E-state index contributed by atoms with van der Waals surface area (Å²) >= 11 is 0. The fraction of sp³-hybridized carbons (Fsp3) is 0.167. The van der Waals surface area contributed by atoms with Gasteiger partial charge in [0.05, 0.1) is 6.04 Å². The summed E-state index contributed by atoms with van der Waals surface area (Å²) in [5, 5.41) is 9.09. The molecule has 0 aliphatic heterocycles. The molecule has 0 aliphatic rings. The highest BCUT2D eigenvalue weighted by Crippen LogP contribution is 2.26. The minimum atomic E-state index is -3.89. The second-order valence-electron chi connectivity index (χ2n) is 6.09. The number of aryl methyl sites for hydroxylation is 1. The van der Waals surface area contributed by atoms with E-state index in [-0.39, 0.29) is 16.4 Å². The molecule has 3 aromatic rings. The monoisotopic (exact) mass is 375 g/mol. The van der Waals surface area contributed by atoms with Gasteiger partial charge in [-0.25, -0.2) is 17.9 Å². The number of hydrogen-bond donors (Lipinski definition) is 2. The molecule has 2 aromatic carbocycles. The molecule has 3 rings (SSSR count). The average molecular weight is 375 g/mol. The molecular formula is C18H18FN3O3S. The summed E-state index contributed by atoms with van der Waals surface area (Å²) in [4.78, 5) is 12.4. The minimum Gasteiger partial charge on any atom is -0.345 e. The van der Waals surface area contributed by atoms with Crippen LogP contribution in [0.5, 0.6) is 0 Å². The summed E-state index contributed by atoms with van der Waals surface area (Å²) in [6.07, 6.45) is 1.28. The molecule has 0 spiro atoms. The van der Waals surface area contributed by atoms with Crippen LogP contribution in [-0.4, -0.2) is 18.9 Å². The largest absolute Gasteiger partial charge is 0.345 e. The van der Waals surface area contributed by atoms with Crippen LogP contribution in [0.4, 0.5) is 4.39 Å². The fourth-order valence-corrected chi connectivity index (χ4v) is 3.51. The number of benzene rings is 2. The van der Waals surface area contributed by atoms with Gasteiger partial charge in [-0.05, 0) is 30.0 Å². The number of sulfonamides is 1. The van der Waals surface area contributed by atoms with Gasteiger partial charge in [-0.15, -0.1) is 0 Å². The zero-order chi connectivity index (χ0) is 19.1. The SMILES string of the molecule is CC(NC(=O)c1cc(S(N)(=O)=O)cn1C)c1ccc(F)c2ccccc12. The third kappa shape index (κ3) is 3.33. The van der Waals surface area contributed by atoms with Gasteiger partial charge in [0.25, 0.3) is 5.91 Å². The van der Waals surface area contributed by atoms with Crippen LogP contribution in [0, 0.1) is 5.82 Å². The average Bonchev–Trinajstić information content (AvgIpc) is 2.97. The molecule has 1 atom stereocenters. The maximum absolute atomic E-state index is 14.0. The van der Waals surface area contributed by atoms with E-state index in [1.165, 1.54) is 22.9 Å². The molecule has 0 aliphatic carbocycles. The summed E-state index contributed by atoms with van der Waals surface area (Å²) in [5.41, 5.74) is 0.920. The summed E-state index contributed by atoms with van der Waals surface area (Å²) < 4.78 is 38.2. The smallest absolute Gasteiger partial charge is 0.268 e. The van der Waals surface area contributed by atoms with E-state index in [9.17, 15) is 17.6 Å². The number of primary sulfonamides is 1. The van der Waals surface area contributed by atoms with Gasteiger partial charge in [0.15, 0.2) is 0 Å². The highest BCUT2D eigenvalue weighted by Gasteiger charge is 2.20. The molecular weight excluding hydrogens is 357 g/mol. The van der Waals surface area contributed by atoms with Crippen molar-refractivity contribution in [2.24, 2.45) is 12.2 Å². The van der Waals surface area contributed by atoms with Gasteiger partial charge in [0.2, 0.25) is 10.0 Å². The number of halogens is 1. The van der Waals surface area contributed by atoms with Gasteiger partial charge >= 0.3 is 0 Å².